The van der Waals surface area contributed by atoms with E-state index in [9.17, 15) is 22.8 Å². The number of piperidine rings is 1. The van der Waals surface area contributed by atoms with Crippen LogP contribution in [-0.2, 0) is 20.5 Å². The number of thioether (sulfide) groups is 1. The molecule has 9 heteroatoms. The van der Waals surface area contributed by atoms with Crippen molar-refractivity contribution in [1.29, 1.82) is 0 Å². The van der Waals surface area contributed by atoms with Crippen LogP contribution in [0.2, 0.25) is 0 Å². The normalized spacial score (nSPS) is 17.0. The van der Waals surface area contributed by atoms with Gasteiger partial charge in [-0.2, -0.15) is 13.2 Å². The topological polar surface area (TPSA) is 59.5 Å². The van der Waals surface area contributed by atoms with Crippen LogP contribution < -0.4 is 0 Å². The van der Waals surface area contributed by atoms with Crippen molar-refractivity contribution in [3.05, 3.63) is 23.9 Å². The number of nitrogens with zero attached hydrogens (tertiary/aromatic N) is 2. The Morgan fingerprint density at radius 3 is 2.50 bits per heavy atom. The number of carbonyl (C=O) groups excluding carboxylic acids is 2. The highest BCUT2D eigenvalue weighted by Crippen LogP contribution is 2.31. The van der Waals surface area contributed by atoms with E-state index in [0.29, 0.717) is 37.6 Å². The molecule has 1 amide bonds. The van der Waals surface area contributed by atoms with Crippen LogP contribution >= 0.6 is 11.8 Å². The number of rotatable bonds is 5. The summed E-state index contributed by atoms with van der Waals surface area (Å²) in [4.78, 5) is 29.7. The maximum absolute atomic E-state index is 12.5. The molecule has 26 heavy (non-hydrogen) atoms. The number of ether oxygens (including phenoxy) is 1. The molecule has 2 heterocycles. The van der Waals surface area contributed by atoms with E-state index in [-0.39, 0.29) is 17.8 Å². The van der Waals surface area contributed by atoms with Crippen molar-refractivity contribution in [2.45, 2.75) is 43.1 Å². The fourth-order valence-corrected chi connectivity index (χ4v) is 3.57. The molecular formula is C17H21F3N2O3S. The fraction of sp³-hybridized carbons (Fsp3) is 0.588. The minimum absolute atomic E-state index is 0.112. The van der Waals surface area contributed by atoms with E-state index in [4.69, 9.17) is 4.74 Å². The van der Waals surface area contributed by atoms with Crippen LogP contribution in [0.15, 0.2) is 23.4 Å². The number of likely N-dealkylation sites (tertiary alicyclic amines) is 1. The van der Waals surface area contributed by atoms with Gasteiger partial charge in [-0.15, -0.1) is 0 Å². The number of esters is 1. The third kappa shape index (κ3) is 5.36. The molecule has 1 saturated heterocycles. The summed E-state index contributed by atoms with van der Waals surface area (Å²) in [6, 6.07) is 2.22. The van der Waals surface area contributed by atoms with Gasteiger partial charge in [0.05, 0.1) is 28.4 Å². The number of hydrogen-bond donors (Lipinski definition) is 0. The first-order chi connectivity index (χ1) is 12.2. The van der Waals surface area contributed by atoms with Gasteiger partial charge in [-0.05, 0) is 38.8 Å². The van der Waals surface area contributed by atoms with Gasteiger partial charge in [-0.1, -0.05) is 11.8 Å². The molecular weight excluding hydrogens is 369 g/mol. The fourth-order valence-electron chi connectivity index (χ4n) is 2.70. The maximum Gasteiger partial charge on any atom is 0.417 e. The molecule has 0 spiro atoms. The van der Waals surface area contributed by atoms with E-state index >= 15 is 0 Å². The molecule has 144 valence electrons. The quantitative estimate of drug-likeness (QED) is 0.570. The summed E-state index contributed by atoms with van der Waals surface area (Å²) in [6.45, 7) is 4.72. The summed E-state index contributed by atoms with van der Waals surface area (Å²) in [5.74, 6) is -0.520. The Labute approximate surface area is 154 Å². The van der Waals surface area contributed by atoms with Gasteiger partial charge in [-0.3, -0.25) is 9.59 Å². The zero-order valence-electron chi connectivity index (χ0n) is 14.6. The molecule has 5 nitrogen and oxygen atoms in total. The summed E-state index contributed by atoms with van der Waals surface area (Å²) in [7, 11) is 0. The SMILES string of the molecule is CCOC(=O)C1CCN(C(=O)C(C)Sc2ccc(C(F)(F)F)cn2)CC1. The lowest BCUT2D eigenvalue weighted by molar-refractivity contribution is -0.151. The van der Waals surface area contributed by atoms with Gasteiger partial charge in [-0.25, -0.2) is 4.98 Å². The Kier molecular flexibility index (Phi) is 6.91. The molecule has 0 saturated carbocycles. The first kappa shape index (κ1) is 20.5. The van der Waals surface area contributed by atoms with Crippen molar-refractivity contribution in [2.24, 2.45) is 5.92 Å². The second-order valence-corrected chi connectivity index (χ2v) is 7.36. The molecule has 1 aromatic rings. The summed E-state index contributed by atoms with van der Waals surface area (Å²) in [5, 5.41) is -0.112. The third-order valence-corrected chi connectivity index (χ3v) is 5.17. The molecule has 1 fully saturated rings. The van der Waals surface area contributed by atoms with Gasteiger partial charge in [0.15, 0.2) is 0 Å². The zero-order valence-corrected chi connectivity index (χ0v) is 15.4. The number of pyridine rings is 1. The highest BCUT2D eigenvalue weighted by molar-refractivity contribution is 8.00. The van der Waals surface area contributed by atoms with Gasteiger partial charge >= 0.3 is 12.1 Å². The number of carbonyl (C=O) groups is 2. The lowest BCUT2D eigenvalue weighted by atomic mass is 9.97. The molecule has 2 rings (SSSR count). The van der Waals surface area contributed by atoms with Gasteiger partial charge in [0.25, 0.3) is 0 Å². The minimum Gasteiger partial charge on any atom is -0.466 e. The largest absolute Gasteiger partial charge is 0.466 e. The van der Waals surface area contributed by atoms with E-state index in [1.807, 2.05) is 0 Å². The molecule has 1 atom stereocenters. The zero-order chi connectivity index (χ0) is 19.3. The van der Waals surface area contributed by atoms with Crippen LogP contribution in [-0.4, -0.2) is 46.7 Å². The minimum atomic E-state index is -4.43. The molecule has 0 aliphatic carbocycles. The Balaban J connectivity index is 1.87. The summed E-state index contributed by atoms with van der Waals surface area (Å²) >= 11 is 1.12. The molecule has 1 aliphatic heterocycles. The third-order valence-electron chi connectivity index (χ3n) is 4.14. The van der Waals surface area contributed by atoms with E-state index < -0.39 is 17.0 Å². The van der Waals surface area contributed by atoms with E-state index in [1.165, 1.54) is 6.07 Å². The van der Waals surface area contributed by atoms with Gasteiger partial charge in [0, 0.05) is 19.3 Å². The lowest BCUT2D eigenvalue weighted by Crippen LogP contribution is -2.43. The smallest absolute Gasteiger partial charge is 0.417 e. The van der Waals surface area contributed by atoms with Crippen molar-refractivity contribution < 1.29 is 27.5 Å². The predicted molar refractivity (Wildman–Crippen MR) is 90.5 cm³/mol. The molecule has 0 aromatic carbocycles. The highest BCUT2D eigenvalue weighted by Gasteiger charge is 2.32. The van der Waals surface area contributed by atoms with Gasteiger partial charge in [0.1, 0.15) is 0 Å². The first-order valence-corrected chi connectivity index (χ1v) is 9.25. The molecule has 0 radical (unpaired) electrons. The van der Waals surface area contributed by atoms with Crippen molar-refractivity contribution in [2.75, 3.05) is 19.7 Å². The van der Waals surface area contributed by atoms with Crippen LogP contribution in [0.3, 0.4) is 0 Å². The lowest BCUT2D eigenvalue weighted by Gasteiger charge is -2.32. The van der Waals surface area contributed by atoms with E-state index in [1.54, 1.807) is 18.7 Å². The molecule has 1 aliphatic rings. The van der Waals surface area contributed by atoms with Crippen LogP contribution in [0.25, 0.3) is 0 Å². The molecule has 1 aromatic heterocycles. The number of hydrogen-bond acceptors (Lipinski definition) is 5. The Bertz CT molecular complexity index is 629. The van der Waals surface area contributed by atoms with E-state index in [0.717, 1.165) is 24.0 Å². The predicted octanol–water partition coefficient (Wildman–Crippen LogP) is 3.38. The summed E-state index contributed by atoms with van der Waals surface area (Å²) in [5.41, 5.74) is -0.818. The maximum atomic E-state index is 12.5. The number of alkyl halides is 3. The van der Waals surface area contributed by atoms with Crippen molar-refractivity contribution in [1.82, 2.24) is 9.88 Å². The number of halogens is 3. The first-order valence-electron chi connectivity index (χ1n) is 8.37. The van der Waals surface area contributed by atoms with Gasteiger partial charge < -0.3 is 9.64 Å². The van der Waals surface area contributed by atoms with E-state index in [2.05, 4.69) is 4.98 Å². The Hall–Kier alpha value is -1.77. The average Bonchev–Trinajstić information content (AvgIpc) is 2.61. The molecule has 0 N–H and O–H groups in total. The number of aromatic nitrogens is 1. The monoisotopic (exact) mass is 390 g/mol. The van der Waals surface area contributed by atoms with Crippen molar-refractivity contribution >= 4 is 23.6 Å². The van der Waals surface area contributed by atoms with Crippen molar-refractivity contribution in [3.63, 3.8) is 0 Å². The highest BCUT2D eigenvalue weighted by atomic mass is 32.2. The molecule has 0 bridgehead atoms. The summed E-state index contributed by atoms with van der Waals surface area (Å²) in [6.07, 6.45) is -2.55. The van der Waals surface area contributed by atoms with Gasteiger partial charge in [0.2, 0.25) is 5.91 Å². The van der Waals surface area contributed by atoms with Crippen molar-refractivity contribution in [3.8, 4) is 0 Å². The standard InChI is InChI=1S/C17H21F3N2O3S/c1-3-25-16(24)12-6-8-22(9-7-12)15(23)11(2)26-14-5-4-13(10-21-14)17(18,19)20/h4-5,10-12H,3,6-9H2,1-2H3. The van der Waals surface area contributed by atoms with Crippen LogP contribution in [0.5, 0.6) is 0 Å². The second kappa shape index (κ2) is 8.75. The Morgan fingerprint density at radius 2 is 2.00 bits per heavy atom. The van der Waals surface area contributed by atoms with Crippen LogP contribution in [0, 0.1) is 5.92 Å². The second-order valence-electron chi connectivity index (χ2n) is 5.99. The Morgan fingerprint density at radius 1 is 1.35 bits per heavy atom. The molecule has 1 unspecified atom stereocenters. The van der Waals surface area contributed by atoms with Crippen LogP contribution in [0.4, 0.5) is 13.2 Å². The average molecular weight is 390 g/mol. The summed E-state index contributed by atoms with van der Waals surface area (Å²) < 4.78 is 42.7. The number of amides is 1. The van der Waals surface area contributed by atoms with Crippen LogP contribution in [0.1, 0.15) is 32.3 Å².